The lowest BCUT2D eigenvalue weighted by atomic mass is 10.3. The van der Waals surface area contributed by atoms with E-state index in [1.165, 1.54) is 5.75 Å². The van der Waals surface area contributed by atoms with Crippen LogP contribution in [-0.2, 0) is 0 Å². The fraction of sp³-hybridized carbons (Fsp3) is 0.800. The van der Waals surface area contributed by atoms with Crippen LogP contribution in [-0.4, -0.2) is 12.0 Å². The van der Waals surface area contributed by atoms with Crippen molar-refractivity contribution in [2.45, 2.75) is 34.6 Å². The average Bonchev–Trinajstić information content (AvgIpc) is 1.93. The third kappa shape index (κ3) is 69.2. The zero-order chi connectivity index (χ0) is 9.70. The van der Waals surface area contributed by atoms with E-state index < -0.39 is 0 Å². The van der Waals surface area contributed by atoms with E-state index in [0.29, 0.717) is 0 Å². The summed E-state index contributed by atoms with van der Waals surface area (Å²) in [6, 6.07) is 0. The van der Waals surface area contributed by atoms with Gasteiger partial charge in [0.2, 0.25) is 0 Å². The molecule has 0 aliphatic rings. The highest BCUT2D eigenvalue weighted by molar-refractivity contribution is 7.98. The maximum Gasteiger partial charge on any atom is -0.00472 e. The van der Waals surface area contributed by atoms with Crippen molar-refractivity contribution in [3.8, 4) is 0 Å². The van der Waals surface area contributed by atoms with Crippen LogP contribution < -0.4 is 0 Å². The second-order valence-electron chi connectivity index (χ2n) is 2.26. The summed E-state index contributed by atoms with van der Waals surface area (Å²) in [5, 5.41) is 0. The standard InChI is InChI=1S/C5H12S.C3H6.C2H6/c1-5(2)4-6-3;1-3-2;1-2/h5H,4H2,1-3H3;3H,1H2,2H3;1-2H3. The van der Waals surface area contributed by atoms with Gasteiger partial charge in [-0.1, -0.05) is 33.8 Å². The van der Waals surface area contributed by atoms with E-state index in [1.807, 2.05) is 32.5 Å². The van der Waals surface area contributed by atoms with Gasteiger partial charge >= 0.3 is 0 Å². The molecular formula is C10H24S. The molecule has 0 heterocycles. The van der Waals surface area contributed by atoms with Crippen molar-refractivity contribution in [3.63, 3.8) is 0 Å². The van der Waals surface area contributed by atoms with Crippen molar-refractivity contribution in [1.82, 2.24) is 0 Å². The van der Waals surface area contributed by atoms with Crippen LogP contribution in [0.4, 0.5) is 0 Å². The highest BCUT2D eigenvalue weighted by atomic mass is 32.2. The third-order valence-corrected chi connectivity index (χ3v) is 1.50. The minimum Gasteiger partial charge on any atom is -0.165 e. The largest absolute Gasteiger partial charge is 0.165 e. The summed E-state index contributed by atoms with van der Waals surface area (Å²) in [5.41, 5.74) is 0. The van der Waals surface area contributed by atoms with Gasteiger partial charge in [0.05, 0.1) is 0 Å². The Labute approximate surface area is 77.5 Å². The maximum atomic E-state index is 3.36. The van der Waals surface area contributed by atoms with Gasteiger partial charge in [0.25, 0.3) is 0 Å². The van der Waals surface area contributed by atoms with Crippen LogP contribution >= 0.6 is 11.8 Å². The molecule has 70 valence electrons. The monoisotopic (exact) mass is 176 g/mol. The van der Waals surface area contributed by atoms with Crippen molar-refractivity contribution < 1.29 is 0 Å². The summed E-state index contributed by atoms with van der Waals surface area (Å²) < 4.78 is 0. The van der Waals surface area contributed by atoms with Crippen LogP contribution in [0.15, 0.2) is 12.7 Å². The van der Waals surface area contributed by atoms with E-state index in [9.17, 15) is 0 Å². The first-order chi connectivity index (χ1) is 5.18. The van der Waals surface area contributed by atoms with E-state index in [2.05, 4.69) is 26.7 Å². The Balaban J connectivity index is -0.000000109. The number of hydrogen-bond donors (Lipinski definition) is 0. The van der Waals surface area contributed by atoms with Crippen LogP contribution in [0, 0.1) is 5.92 Å². The summed E-state index contributed by atoms with van der Waals surface area (Å²) in [6.07, 6.45) is 3.89. The molecule has 0 saturated carbocycles. The molecule has 0 nitrogen and oxygen atoms in total. The van der Waals surface area contributed by atoms with Crippen molar-refractivity contribution in [1.29, 1.82) is 0 Å². The molecular weight excluding hydrogens is 152 g/mol. The topological polar surface area (TPSA) is 0 Å². The predicted octanol–water partition coefficient (Wildman–Crippen LogP) is 4.22. The second-order valence-corrected chi connectivity index (χ2v) is 3.17. The molecule has 0 aromatic carbocycles. The Bertz CT molecular complexity index is 48.8. The molecule has 0 aromatic heterocycles. The molecule has 11 heavy (non-hydrogen) atoms. The van der Waals surface area contributed by atoms with E-state index in [4.69, 9.17) is 0 Å². The summed E-state index contributed by atoms with van der Waals surface area (Å²) in [6.45, 7) is 13.7. The highest BCUT2D eigenvalue weighted by Crippen LogP contribution is 2.00. The van der Waals surface area contributed by atoms with Gasteiger partial charge in [-0.25, -0.2) is 0 Å². The smallest absolute Gasteiger partial charge is 0.00472 e. The second kappa shape index (κ2) is 22.5. The van der Waals surface area contributed by atoms with Crippen molar-refractivity contribution in [2.75, 3.05) is 12.0 Å². The number of thioether (sulfide) groups is 1. The van der Waals surface area contributed by atoms with E-state index in [-0.39, 0.29) is 0 Å². The third-order valence-electron chi connectivity index (χ3n) is 0.500. The SMILES string of the molecule is C=CC.CC.CSCC(C)C. The first-order valence-electron chi connectivity index (χ1n) is 4.25. The summed E-state index contributed by atoms with van der Waals surface area (Å²) >= 11 is 1.91. The lowest BCUT2D eigenvalue weighted by molar-refractivity contribution is 0.751. The quantitative estimate of drug-likeness (QED) is 0.568. The Morgan fingerprint density at radius 1 is 1.36 bits per heavy atom. The van der Waals surface area contributed by atoms with E-state index in [0.717, 1.165) is 5.92 Å². The zero-order valence-electron chi connectivity index (χ0n) is 8.98. The number of rotatable bonds is 2. The Hall–Kier alpha value is 0.0900. The molecule has 1 heteroatoms. The molecule has 0 rings (SSSR count). The predicted molar refractivity (Wildman–Crippen MR) is 60.4 cm³/mol. The zero-order valence-corrected chi connectivity index (χ0v) is 9.79. The molecule has 0 atom stereocenters. The summed E-state index contributed by atoms with van der Waals surface area (Å²) in [7, 11) is 0. The minimum absolute atomic E-state index is 0.861. The van der Waals surface area contributed by atoms with Gasteiger partial charge in [0.15, 0.2) is 0 Å². The van der Waals surface area contributed by atoms with E-state index in [1.54, 1.807) is 6.08 Å². The molecule has 0 aliphatic carbocycles. The fourth-order valence-electron chi connectivity index (χ4n) is 0.333. The van der Waals surface area contributed by atoms with Crippen LogP contribution in [0.3, 0.4) is 0 Å². The lowest BCUT2D eigenvalue weighted by Gasteiger charge is -1.95. The molecule has 0 fully saturated rings. The molecule has 0 bridgehead atoms. The molecule has 0 aliphatic heterocycles. The van der Waals surface area contributed by atoms with Gasteiger partial charge in [0, 0.05) is 0 Å². The maximum absolute atomic E-state index is 3.36. The summed E-state index contributed by atoms with van der Waals surface area (Å²) in [4.78, 5) is 0. The number of allylic oxidation sites excluding steroid dienone is 1. The molecule has 0 N–H and O–H groups in total. The number of hydrogen-bond acceptors (Lipinski definition) is 1. The Kier molecular flexibility index (Phi) is 35.3. The molecule has 0 unspecified atom stereocenters. The Morgan fingerprint density at radius 3 is 1.64 bits per heavy atom. The van der Waals surface area contributed by atoms with Gasteiger partial charge < -0.3 is 0 Å². The Morgan fingerprint density at radius 2 is 1.64 bits per heavy atom. The highest BCUT2D eigenvalue weighted by Gasteiger charge is 1.85. The lowest BCUT2D eigenvalue weighted by Crippen LogP contribution is -1.87. The first kappa shape index (κ1) is 17.3. The summed E-state index contributed by atoms with van der Waals surface area (Å²) in [5.74, 6) is 2.15. The van der Waals surface area contributed by atoms with Crippen LogP contribution in [0.5, 0.6) is 0 Å². The molecule has 0 radical (unpaired) electrons. The van der Waals surface area contributed by atoms with Crippen molar-refractivity contribution in [3.05, 3.63) is 12.7 Å². The van der Waals surface area contributed by atoms with Gasteiger partial charge in [-0.2, -0.15) is 11.8 Å². The normalized spacial score (nSPS) is 7.18. The molecule has 0 amide bonds. The van der Waals surface area contributed by atoms with Crippen LogP contribution in [0.25, 0.3) is 0 Å². The first-order valence-corrected chi connectivity index (χ1v) is 5.64. The van der Waals surface area contributed by atoms with E-state index >= 15 is 0 Å². The average molecular weight is 176 g/mol. The van der Waals surface area contributed by atoms with Gasteiger partial charge in [-0.05, 0) is 24.9 Å². The van der Waals surface area contributed by atoms with Crippen LogP contribution in [0.2, 0.25) is 0 Å². The molecule has 0 spiro atoms. The van der Waals surface area contributed by atoms with Crippen LogP contribution in [0.1, 0.15) is 34.6 Å². The van der Waals surface area contributed by atoms with Crippen molar-refractivity contribution in [2.24, 2.45) is 5.92 Å². The minimum atomic E-state index is 0.861. The fourth-order valence-corrected chi connectivity index (χ4v) is 1.00. The van der Waals surface area contributed by atoms with Crippen molar-refractivity contribution >= 4 is 11.8 Å². The van der Waals surface area contributed by atoms with Gasteiger partial charge in [-0.15, -0.1) is 6.58 Å². The van der Waals surface area contributed by atoms with Gasteiger partial charge in [-0.3, -0.25) is 0 Å². The van der Waals surface area contributed by atoms with Gasteiger partial charge in [0.1, 0.15) is 0 Å². The molecule has 0 aromatic rings. The molecule has 0 saturated heterocycles.